The molecule has 4 aromatic rings. The lowest BCUT2D eigenvalue weighted by atomic mass is 10.1. The van der Waals surface area contributed by atoms with E-state index < -0.39 is 11.6 Å². The molecule has 1 amide bonds. The Morgan fingerprint density at radius 1 is 1.11 bits per heavy atom. The monoisotopic (exact) mass is 519 g/mol. The number of hydrogen-bond donors (Lipinski definition) is 3. The molecule has 3 heterocycles. The molecule has 3 N–H and O–H groups in total. The van der Waals surface area contributed by atoms with Crippen LogP contribution in [0.2, 0.25) is 0 Å². The molecule has 1 fully saturated rings. The van der Waals surface area contributed by atoms with Gasteiger partial charge in [0.2, 0.25) is 11.9 Å². The zero-order chi connectivity index (χ0) is 26.6. The lowest BCUT2D eigenvalue weighted by molar-refractivity contribution is -0.111. The number of piperazine rings is 1. The number of amides is 1. The van der Waals surface area contributed by atoms with Gasteiger partial charge in [0.15, 0.2) is 11.6 Å². The first-order chi connectivity index (χ1) is 18.5. The smallest absolute Gasteiger partial charge is 0.247 e. The molecule has 0 bridgehead atoms. The molecule has 0 unspecified atom stereocenters. The summed E-state index contributed by atoms with van der Waals surface area (Å²) in [6.07, 6.45) is 4.52. The van der Waals surface area contributed by atoms with Crippen molar-refractivity contribution in [2.75, 3.05) is 54.9 Å². The third kappa shape index (κ3) is 5.20. The second-order valence-corrected chi connectivity index (χ2v) is 8.85. The van der Waals surface area contributed by atoms with Gasteiger partial charge in [-0.2, -0.15) is 4.98 Å². The predicted molar refractivity (Wildman–Crippen MR) is 143 cm³/mol. The number of hydrogen-bond acceptors (Lipinski definition) is 7. The summed E-state index contributed by atoms with van der Waals surface area (Å²) in [7, 11) is 0. The normalized spacial score (nSPS) is 14.0. The van der Waals surface area contributed by atoms with Crippen molar-refractivity contribution in [2.24, 2.45) is 0 Å². The number of carbonyl (C=O) groups is 1. The lowest BCUT2D eigenvalue weighted by Gasteiger charge is -2.36. The fourth-order valence-electron chi connectivity index (χ4n) is 4.49. The van der Waals surface area contributed by atoms with Crippen molar-refractivity contribution < 1.29 is 18.7 Å². The zero-order valence-electron chi connectivity index (χ0n) is 20.6. The standard InChI is InChI=1S/C27H27F2N7O2/c1-2-23(38)31-19-5-3-4-18(16-19)20-8-9-36-17-30-27(33-26(20)36)32-21-6-7-22(25(29)24(21)28)35-12-10-34(11-13-35)14-15-37/h2-9,16-17,37H,1,10-15H2,(H,31,38)(H,32,33). The number of aliphatic hydroxyl groups excluding tert-OH is 1. The van der Waals surface area contributed by atoms with Crippen LogP contribution in [0.5, 0.6) is 0 Å². The van der Waals surface area contributed by atoms with Crippen LogP contribution < -0.4 is 15.5 Å². The van der Waals surface area contributed by atoms with Crippen molar-refractivity contribution in [1.82, 2.24) is 19.3 Å². The van der Waals surface area contributed by atoms with Crippen molar-refractivity contribution in [1.29, 1.82) is 0 Å². The van der Waals surface area contributed by atoms with E-state index in [1.807, 2.05) is 24.3 Å². The largest absolute Gasteiger partial charge is 0.395 e. The van der Waals surface area contributed by atoms with Gasteiger partial charge in [-0.3, -0.25) is 14.1 Å². The van der Waals surface area contributed by atoms with Gasteiger partial charge in [-0.05, 0) is 42.0 Å². The summed E-state index contributed by atoms with van der Waals surface area (Å²) in [5.41, 5.74) is 2.86. The minimum absolute atomic E-state index is 0.0717. The molecule has 2 aromatic heterocycles. The van der Waals surface area contributed by atoms with E-state index in [0.29, 0.717) is 44.1 Å². The molecule has 1 saturated heterocycles. The summed E-state index contributed by atoms with van der Waals surface area (Å²) < 4.78 is 31.8. The molecule has 9 nitrogen and oxygen atoms in total. The van der Waals surface area contributed by atoms with E-state index in [4.69, 9.17) is 5.11 Å². The number of anilines is 4. The van der Waals surface area contributed by atoms with Crippen LogP contribution in [0, 0.1) is 11.6 Å². The first kappa shape index (κ1) is 25.3. The third-order valence-electron chi connectivity index (χ3n) is 6.47. The molecule has 196 valence electrons. The van der Waals surface area contributed by atoms with Gasteiger partial charge < -0.3 is 20.6 Å². The summed E-state index contributed by atoms with van der Waals surface area (Å²) in [5, 5.41) is 14.6. The number of aromatic nitrogens is 3. The van der Waals surface area contributed by atoms with Crippen molar-refractivity contribution in [3.8, 4) is 11.1 Å². The average molecular weight is 520 g/mol. The summed E-state index contributed by atoms with van der Waals surface area (Å²) in [6, 6.07) is 12.1. The molecular formula is C27H27F2N7O2. The number of halogens is 2. The molecule has 1 aliphatic rings. The number of fused-ring (bicyclic) bond motifs is 1. The Hall–Kier alpha value is -4.35. The Morgan fingerprint density at radius 2 is 1.92 bits per heavy atom. The van der Waals surface area contributed by atoms with Gasteiger partial charge >= 0.3 is 0 Å². The minimum Gasteiger partial charge on any atom is -0.395 e. The van der Waals surface area contributed by atoms with Crippen molar-refractivity contribution in [3.63, 3.8) is 0 Å². The third-order valence-corrected chi connectivity index (χ3v) is 6.47. The number of benzene rings is 2. The van der Waals surface area contributed by atoms with Crippen LogP contribution in [-0.2, 0) is 4.79 Å². The van der Waals surface area contributed by atoms with E-state index in [2.05, 4.69) is 32.1 Å². The number of rotatable bonds is 8. The Balaban J connectivity index is 1.37. The van der Waals surface area contributed by atoms with Gasteiger partial charge in [-0.1, -0.05) is 18.7 Å². The highest BCUT2D eigenvalue weighted by atomic mass is 19.2. The summed E-state index contributed by atoms with van der Waals surface area (Å²) in [5.74, 6) is -2.15. The Bertz CT molecular complexity index is 1480. The Kier molecular flexibility index (Phi) is 7.29. The van der Waals surface area contributed by atoms with Gasteiger partial charge in [0, 0.05) is 50.2 Å². The fourth-order valence-corrected chi connectivity index (χ4v) is 4.49. The molecule has 2 aromatic carbocycles. The van der Waals surface area contributed by atoms with E-state index in [9.17, 15) is 4.79 Å². The summed E-state index contributed by atoms with van der Waals surface area (Å²) >= 11 is 0. The maximum Gasteiger partial charge on any atom is 0.247 e. The van der Waals surface area contributed by atoms with E-state index >= 15 is 8.78 Å². The predicted octanol–water partition coefficient (Wildman–Crippen LogP) is 3.66. The van der Waals surface area contributed by atoms with Gasteiger partial charge in [-0.25, -0.2) is 13.8 Å². The van der Waals surface area contributed by atoms with E-state index in [-0.39, 0.29) is 29.8 Å². The highest BCUT2D eigenvalue weighted by Crippen LogP contribution is 2.31. The summed E-state index contributed by atoms with van der Waals surface area (Å²) in [4.78, 5) is 24.3. The van der Waals surface area contributed by atoms with Gasteiger partial charge in [0.1, 0.15) is 12.0 Å². The molecule has 0 radical (unpaired) electrons. The SMILES string of the molecule is C=CC(=O)Nc1cccc(-c2ccn3cnc(Nc4ccc(N5CCN(CCO)CC5)c(F)c4F)nc23)c1. The topological polar surface area (TPSA) is 98.0 Å². The van der Waals surface area contributed by atoms with Crippen LogP contribution in [0.3, 0.4) is 0 Å². The van der Waals surface area contributed by atoms with E-state index in [1.165, 1.54) is 18.5 Å². The average Bonchev–Trinajstić information content (AvgIpc) is 3.36. The van der Waals surface area contributed by atoms with Gasteiger partial charge in [-0.15, -0.1) is 0 Å². The van der Waals surface area contributed by atoms with Crippen molar-refractivity contribution >= 4 is 34.6 Å². The van der Waals surface area contributed by atoms with Crippen LogP contribution >= 0.6 is 0 Å². The van der Waals surface area contributed by atoms with Crippen molar-refractivity contribution in [3.05, 3.63) is 79.3 Å². The molecular weight excluding hydrogens is 492 g/mol. The number of nitrogens with zero attached hydrogens (tertiary/aromatic N) is 5. The molecule has 5 rings (SSSR count). The highest BCUT2D eigenvalue weighted by molar-refractivity contribution is 5.99. The Morgan fingerprint density at radius 3 is 2.68 bits per heavy atom. The van der Waals surface area contributed by atoms with Crippen LogP contribution in [0.1, 0.15) is 0 Å². The van der Waals surface area contributed by atoms with Crippen LogP contribution in [-0.4, -0.2) is 69.6 Å². The number of aliphatic hydroxyl groups is 1. The van der Waals surface area contributed by atoms with Crippen LogP contribution in [0.25, 0.3) is 16.8 Å². The summed E-state index contributed by atoms with van der Waals surface area (Å²) in [6.45, 7) is 6.51. The minimum atomic E-state index is -1.01. The van der Waals surface area contributed by atoms with E-state index in [1.54, 1.807) is 27.6 Å². The first-order valence-corrected chi connectivity index (χ1v) is 12.2. The molecule has 0 aliphatic carbocycles. The quantitative estimate of drug-likeness (QED) is 0.306. The molecule has 0 saturated carbocycles. The number of β-amino-alcohol motifs (C(OH)–C–C–N with tert-alkyl or cyclic N) is 1. The van der Waals surface area contributed by atoms with Crippen LogP contribution in [0.15, 0.2) is 67.6 Å². The van der Waals surface area contributed by atoms with Gasteiger partial charge in [0.05, 0.1) is 18.0 Å². The Labute approximate surface area is 218 Å². The highest BCUT2D eigenvalue weighted by Gasteiger charge is 2.23. The molecule has 0 spiro atoms. The fraction of sp³-hybridized carbons (Fsp3) is 0.222. The van der Waals surface area contributed by atoms with Crippen molar-refractivity contribution in [2.45, 2.75) is 0 Å². The molecule has 0 atom stereocenters. The maximum absolute atomic E-state index is 15.1. The molecule has 1 aliphatic heterocycles. The first-order valence-electron chi connectivity index (χ1n) is 12.2. The van der Waals surface area contributed by atoms with E-state index in [0.717, 1.165) is 11.1 Å². The van der Waals surface area contributed by atoms with Gasteiger partial charge in [0.25, 0.3) is 0 Å². The maximum atomic E-state index is 15.1. The second-order valence-electron chi connectivity index (χ2n) is 8.85. The number of nitrogens with one attached hydrogen (secondary N) is 2. The molecule has 11 heteroatoms. The zero-order valence-corrected chi connectivity index (χ0v) is 20.6. The lowest BCUT2D eigenvalue weighted by Crippen LogP contribution is -2.47. The number of carbonyl (C=O) groups excluding carboxylic acids is 1. The molecule has 38 heavy (non-hydrogen) atoms. The second kappa shape index (κ2) is 11.0. The van der Waals surface area contributed by atoms with Crippen LogP contribution in [0.4, 0.5) is 31.8 Å².